The standard InChI is InChI=1S/C17H16F2O/c18-14-7-4-8-15(19)16(14)12-5-3-6-13(11-12)17(20)9-1-2-10-17/h3-8,11,20H,1-2,9-10H2. The molecule has 0 saturated heterocycles. The van der Waals surface area contributed by atoms with Gasteiger partial charge in [-0.25, -0.2) is 8.78 Å². The number of halogens is 2. The maximum atomic E-state index is 13.8. The Balaban J connectivity index is 2.08. The van der Waals surface area contributed by atoms with Gasteiger partial charge in [-0.15, -0.1) is 0 Å². The monoisotopic (exact) mass is 274 g/mol. The van der Waals surface area contributed by atoms with E-state index in [-0.39, 0.29) is 5.56 Å². The van der Waals surface area contributed by atoms with Gasteiger partial charge in [0.2, 0.25) is 0 Å². The molecule has 3 heteroatoms. The molecule has 0 bridgehead atoms. The maximum absolute atomic E-state index is 13.8. The molecule has 3 rings (SSSR count). The zero-order valence-electron chi connectivity index (χ0n) is 11.1. The van der Waals surface area contributed by atoms with Gasteiger partial charge in [0.05, 0.1) is 11.2 Å². The molecular weight excluding hydrogens is 258 g/mol. The van der Waals surface area contributed by atoms with Crippen LogP contribution in [-0.2, 0) is 5.60 Å². The molecule has 0 radical (unpaired) electrons. The maximum Gasteiger partial charge on any atom is 0.133 e. The highest BCUT2D eigenvalue weighted by Gasteiger charge is 2.33. The minimum atomic E-state index is -0.849. The minimum absolute atomic E-state index is 0.0315. The average Bonchev–Trinajstić information content (AvgIpc) is 2.87. The second-order valence-corrected chi connectivity index (χ2v) is 5.42. The van der Waals surface area contributed by atoms with Crippen molar-refractivity contribution >= 4 is 0 Å². The van der Waals surface area contributed by atoms with Gasteiger partial charge in [-0.3, -0.25) is 0 Å². The van der Waals surface area contributed by atoms with Crippen LogP contribution in [0.15, 0.2) is 42.5 Å². The highest BCUT2D eigenvalue weighted by atomic mass is 19.1. The second kappa shape index (κ2) is 4.98. The van der Waals surface area contributed by atoms with Crippen molar-refractivity contribution in [1.29, 1.82) is 0 Å². The van der Waals surface area contributed by atoms with E-state index in [1.54, 1.807) is 18.2 Å². The van der Waals surface area contributed by atoms with Crippen molar-refractivity contribution in [2.75, 3.05) is 0 Å². The Morgan fingerprint density at radius 2 is 1.50 bits per heavy atom. The zero-order valence-corrected chi connectivity index (χ0v) is 11.1. The first-order chi connectivity index (χ1) is 9.60. The summed E-state index contributed by atoms with van der Waals surface area (Å²) < 4.78 is 27.7. The molecule has 2 aromatic carbocycles. The number of hydrogen-bond acceptors (Lipinski definition) is 1. The van der Waals surface area contributed by atoms with Crippen LogP contribution in [0.3, 0.4) is 0 Å². The van der Waals surface area contributed by atoms with Crippen molar-refractivity contribution in [3.63, 3.8) is 0 Å². The van der Waals surface area contributed by atoms with Crippen molar-refractivity contribution in [2.24, 2.45) is 0 Å². The fourth-order valence-electron chi connectivity index (χ4n) is 2.99. The smallest absolute Gasteiger partial charge is 0.133 e. The molecule has 104 valence electrons. The lowest BCUT2D eigenvalue weighted by atomic mass is 9.89. The van der Waals surface area contributed by atoms with E-state index in [1.807, 2.05) is 6.07 Å². The topological polar surface area (TPSA) is 20.2 Å². The molecule has 0 atom stereocenters. The molecule has 1 fully saturated rings. The van der Waals surface area contributed by atoms with E-state index in [4.69, 9.17) is 0 Å². The van der Waals surface area contributed by atoms with Gasteiger partial charge in [-0.05, 0) is 42.2 Å². The van der Waals surface area contributed by atoms with E-state index in [2.05, 4.69) is 0 Å². The molecule has 0 spiro atoms. The highest BCUT2D eigenvalue weighted by Crippen LogP contribution is 2.40. The molecule has 0 aromatic heterocycles. The Hall–Kier alpha value is -1.74. The number of hydrogen-bond donors (Lipinski definition) is 1. The molecule has 0 heterocycles. The van der Waals surface area contributed by atoms with Crippen molar-refractivity contribution in [1.82, 2.24) is 0 Å². The molecule has 1 aliphatic carbocycles. The number of rotatable bonds is 2. The summed E-state index contributed by atoms with van der Waals surface area (Å²) in [7, 11) is 0. The van der Waals surface area contributed by atoms with E-state index < -0.39 is 17.2 Å². The molecule has 1 saturated carbocycles. The van der Waals surface area contributed by atoms with Crippen molar-refractivity contribution in [2.45, 2.75) is 31.3 Å². The first kappa shape index (κ1) is 13.3. The van der Waals surface area contributed by atoms with E-state index in [0.29, 0.717) is 18.4 Å². The van der Waals surface area contributed by atoms with Crippen LogP contribution < -0.4 is 0 Å². The molecule has 0 aliphatic heterocycles. The fraction of sp³-hybridized carbons (Fsp3) is 0.294. The van der Waals surface area contributed by atoms with Gasteiger partial charge in [-0.1, -0.05) is 37.1 Å². The van der Waals surface area contributed by atoms with Crippen LogP contribution in [-0.4, -0.2) is 5.11 Å². The van der Waals surface area contributed by atoms with Gasteiger partial charge in [-0.2, -0.15) is 0 Å². The van der Waals surface area contributed by atoms with E-state index in [9.17, 15) is 13.9 Å². The third kappa shape index (κ3) is 2.22. The predicted octanol–water partition coefficient (Wildman–Crippen LogP) is 4.39. The summed E-state index contributed by atoms with van der Waals surface area (Å²) in [5, 5.41) is 10.6. The normalized spacial score (nSPS) is 17.4. The first-order valence-corrected chi connectivity index (χ1v) is 6.87. The second-order valence-electron chi connectivity index (χ2n) is 5.42. The molecule has 1 N–H and O–H groups in total. The quantitative estimate of drug-likeness (QED) is 0.861. The largest absolute Gasteiger partial charge is 0.385 e. The van der Waals surface area contributed by atoms with Gasteiger partial charge >= 0.3 is 0 Å². The Morgan fingerprint density at radius 1 is 0.900 bits per heavy atom. The number of aliphatic hydroxyl groups is 1. The molecule has 1 nitrogen and oxygen atoms in total. The lowest BCUT2D eigenvalue weighted by molar-refractivity contribution is 0.0445. The molecule has 0 unspecified atom stereocenters. The van der Waals surface area contributed by atoms with Crippen molar-refractivity contribution in [3.05, 3.63) is 59.7 Å². The Morgan fingerprint density at radius 3 is 2.15 bits per heavy atom. The molecule has 1 aliphatic rings. The van der Waals surface area contributed by atoms with Gasteiger partial charge in [0.15, 0.2) is 0 Å². The van der Waals surface area contributed by atoms with Crippen LogP contribution in [0.5, 0.6) is 0 Å². The third-order valence-corrected chi connectivity index (χ3v) is 4.08. The van der Waals surface area contributed by atoms with E-state index in [1.165, 1.54) is 18.2 Å². The summed E-state index contributed by atoms with van der Waals surface area (Å²) in [5.41, 5.74) is 0.335. The summed E-state index contributed by atoms with van der Waals surface area (Å²) >= 11 is 0. The Bertz CT molecular complexity index is 610. The molecule has 20 heavy (non-hydrogen) atoms. The predicted molar refractivity (Wildman–Crippen MR) is 74.2 cm³/mol. The lowest BCUT2D eigenvalue weighted by Crippen LogP contribution is -2.20. The van der Waals surface area contributed by atoms with Crippen molar-refractivity contribution in [3.8, 4) is 11.1 Å². The zero-order chi connectivity index (χ0) is 14.2. The minimum Gasteiger partial charge on any atom is -0.385 e. The summed E-state index contributed by atoms with van der Waals surface area (Å²) in [6.45, 7) is 0. The van der Waals surface area contributed by atoms with Crippen LogP contribution in [0, 0.1) is 11.6 Å². The first-order valence-electron chi connectivity index (χ1n) is 6.87. The van der Waals surface area contributed by atoms with E-state index in [0.717, 1.165) is 18.4 Å². The fourth-order valence-corrected chi connectivity index (χ4v) is 2.99. The van der Waals surface area contributed by atoms with Crippen LogP contribution in [0.2, 0.25) is 0 Å². The molecule has 0 amide bonds. The van der Waals surface area contributed by atoms with Crippen LogP contribution in [0.4, 0.5) is 8.78 Å². The molecule has 2 aromatic rings. The summed E-state index contributed by atoms with van der Waals surface area (Å²) in [4.78, 5) is 0. The molecular formula is C17H16F2O. The summed E-state index contributed by atoms with van der Waals surface area (Å²) in [5.74, 6) is -1.17. The van der Waals surface area contributed by atoms with Gasteiger partial charge in [0, 0.05) is 0 Å². The Labute approximate surface area is 116 Å². The lowest BCUT2D eigenvalue weighted by Gasteiger charge is -2.23. The third-order valence-electron chi connectivity index (χ3n) is 4.08. The summed E-state index contributed by atoms with van der Waals surface area (Å²) in [6.07, 6.45) is 3.37. The average molecular weight is 274 g/mol. The van der Waals surface area contributed by atoms with Crippen molar-refractivity contribution < 1.29 is 13.9 Å². The highest BCUT2D eigenvalue weighted by molar-refractivity contribution is 5.66. The van der Waals surface area contributed by atoms with Gasteiger partial charge < -0.3 is 5.11 Å². The SMILES string of the molecule is OC1(c2cccc(-c3c(F)cccc3F)c2)CCCC1. The summed E-state index contributed by atoms with van der Waals surface area (Å²) in [6, 6.07) is 10.8. The van der Waals surface area contributed by atoms with Gasteiger partial charge in [0.1, 0.15) is 11.6 Å². The Kier molecular flexibility index (Phi) is 3.30. The van der Waals surface area contributed by atoms with Gasteiger partial charge in [0.25, 0.3) is 0 Å². The van der Waals surface area contributed by atoms with Crippen LogP contribution in [0.25, 0.3) is 11.1 Å². The van der Waals surface area contributed by atoms with E-state index >= 15 is 0 Å². The van der Waals surface area contributed by atoms with Crippen LogP contribution in [0.1, 0.15) is 31.2 Å². The number of benzene rings is 2. The van der Waals surface area contributed by atoms with Crippen LogP contribution >= 0.6 is 0 Å².